The molecule has 0 aliphatic carbocycles. The Morgan fingerprint density at radius 2 is 1.81 bits per heavy atom. The number of carbonyl (C=O) groups is 1. The van der Waals surface area contributed by atoms with Crippen molar-refractivity contribution in [1.29, 1.82) is 0 Å². The van der Waals surface area contributed by atoms with Gasteiger partial charge in [0.05, 0.1) is 11.5 Å². The van der Waals surface area contributed by atoms with Gasteiger partial charge in [-0.3, -0.25) is 19.8 Å². The maximum Gasteiger partial charge on any atom is 0.292 e. The number of carbonyl (C=O) groups excluding carboxylic acids is 1. The van der Waals surface area contributed by atoms with Crippen LogP contribution < -0.4 is 10.2 Å². The van der Waals surface area contributed by atoms with Crippen molar-refractivity contribution in [3.05, 3.63) is 74.2 Å². The third-order valence-electron chi connectivity index (χ3n) is 5.43. The summed E-state index contributed by atoms with van der Waals surface area (Å²) >= 11 is 1.29. The Morgan fingerprint density at radius 3 is 2.50 bits per heavy atom. The maximum atomic E-state index is 12.5. The number of para-hydroxylation sites is 2. The molecule has 166 valence electrons. The monoisotopic (exact) mass is 452 g/mol. The molecule has 10 heteroatoms. The van der Waals surface area contributed by atoms with Crippen molar-refractivity contribution in [3.63, 3.8) is 0 Å². The zero-order valence-corrected chi connectivity index (χ0v) is 18.5. The van der Waals surface area contributed by atoms with Gasteiger partial charge in [0.25, 0.3) is 11.6 Å². The molecule has 1 aliphatic rings. The second-order valence-corrected chi connectivity index (χ2v) is 8.58. The molecule has 1 fully saturated rings. The van der Waals surface area contributed by atoms with Crippen LogP contribution in [0.25, 0.3) is 0 Å². The van der Waals surface area contributed by atoms with Gasteiger partial charge in [-0.2, -0.15) is 0 Å². The molecular weight excluding hydrogens is 428 g/mol. The van der Waals surface area contributed by atoms with Crippen LogP contribution in [-0.2, 0) is 13.0 Å². The number of hydrogen-bond donors (Lipinski definition) is 1. The van der Waals surface area contributed by atoms with Gasteiger partial charge in [0, 0.05) is 37.9 Å². The van der Waals surface area contributed by atoms with Crippen LogP contribution in [0.2, 0.25) is 0 Å². The number of nitrogens with one attached hydrogen (secondary N) is 1. The van der Waals surface area contributed by atoms with Crippen molar-refractivity contribution in [2.45, 2.75) is 19.9 Å². The van der Waals surface area contributed by atoms with Gasteiger partial charge in [0.15, 0.2) is 0 Å². The number of piperazine rings is 1. The van der Waals surface area contributed by atoms with Crippen molar-refractivity contribution < 1.29 is 9.72 Å². The molecule has 2 heterocycles. The molecule has 0 atom stereocenters. The predicted molar refractivity (Wildman–Crippen MR) is 124 cm³/mol. The van der Waals surface area contributed by atoms with Gasteiger partial charge in [-0.15, -0.1) is 10.2 Å². The first-order valence-electron chi connectivity index (χ1n) is 10.5. The van der Waals surface area contributed by atoms with E-state index in [2.05, 4.69) is 27.3 Å². The Labute approximate surface area is 189 Å². The smallest absolute Gasteiger partial charge is 0.292 e. The highest BCUT2D eigenvalue weighted by molar-refractivity contribution is 7.13. The van der Waals surface area contributed by atoms with Crippen LogP contribution in [0.5, 0.6) is 0 Å². The Bertz CT molecular complexity index is 1090. The average molecular weight is 453 g/mol. The van der Waals surface area contributed by atoms with E-state index in [1.54, 1.807) is 12.1 Å². The zero-order chi connectivity index (χ0) is 22.5. The highest BCUT2D eigenvalue weighted by Crippen LogP contribution is 2.28. The van der Waals surface area contributed by atoms with E-state index < -0.39 is 0 Å². The minimum absolute atomic E-state index is 0.130. The number of anilines is 2. The molecule has 3 aromatic rings. The number of aryl methyl sites for hydroxylation is 1. The summed E-state index contributed by atoms with van der Waals surface area (Å²) in [7, 11) is 0. The number of rotatable bonds is 7. The van der Waals surface area contributed by atoms with Gasteiger partial charge >= 0.3 is 0 Å². The van der Waals surface area contributed by atoms with Gasteiger partial charge in [0.1, 0.15) is 10.7 Å². The Hall–Kier alpha value is -3.37. The first-order chi connectivity index (χ1) is 15.5. The van der Waals surface area contributed by atoms with Gasteiger partial charge in [-0.05, 0) is 30.2 Å². The number of amides is 1. The lowest BCUT2D eigenvalue weighted by molar-refractivity contribution is -0.384. The third kappa shape index (κ3) is 5.09. The van der Waals surface area contributed by atoms with Crippen molar-refractivity contribution in [2.75, 3.05) is 36.4 Å². The molecule has 0 bridgehead atoms. The first kappa shape index (κ1) is 21.8. The van der Waals surface area contributed by atoms with Crippen molar-refractivity contribution >= 4 is 34.3 Å². The summed E-state index contributed by atoms with van der Waals surface area (Å²) in [5, 5.41) is 23.5. The lowest BCUT2D eigenvalue weighted by atomic mass is 10.1. The molecule has 32 heavy (non-hydrogen) atoms. The number of nitrogens with zero attached hydrogens (tertiary/aromatic N) is 5. The number of hydrogen-bond acceptors (Lipinski definition) is 8. The summed E-state index contributed by atoms with van der Waals surface area (Å²) in [5.74, 6) is -0.265. The molecular formula is C22H24N6O3S. The quantitative estimate of drug-likeness (QED) is 0.431. The summed E-state index contributed by atoms with van der Waals surface area (Å²) < 4.78 is 0. The van der Waals surface area contributed by atoms with Gasteiger partial charge in [-0.25, -0.2) is 0 Å². The minimum atomic E-state index is -0.340. The number of nitro benzene ring substituents is 1. The van der Waals surface area contributed by atoms with Crippen molar-refractivity contribution in [3.8, 4) is 0 Å². The fraction of sp³-hybridized carbons (Fsp3) is 0.318. The van der Waals surface area contributed by atoms with E-state index in [-0.39, 0.29) is 16.5 Å². The summed E-state index contributed by atoms with van der Waals surface area (Å²) in [4.78, 5) is 27.7. The van der Waals surface area contributed by atoms with Crippen LogP contribution in [0.4, 0.5) is 17.1 Å². The molecule has 1 saturated heterocycles. The molecule has 2 aromatic carbocycles. The average Bonchev–Trinajstić information content (AvgIpc) is 3.29. The largest absolute Gasteiger partial charge is 0.363 e. The second-order valence-electron chi connectivity index (χ2n) is 7.51. The fourth-order valence-electron chi connectivity index (χ4n) is 3.64. The summed E-state index contributed by atoms with van der Waals surface area (Å²) in [6.45, 7) is 5.55. The van der Waals surface area contributed by atoms with Crippen LogP contribution in [0.15, 0.2) is 48.5 Å². The first-order valence-corrected chi connectivity index (χ1v) is 11.3. The summed E-state index contributed by atoms with van der Waals surface area (Å²) in [5.41, 5.74) is 2.72. The maximum absolute atomic E-state index is 12.5. The number of benzene rings is 2. The van der Waals surface area contributed by atoms with E-state index in [4.69, 9.17) is 0 Å². The predicted octanol–water partition coefficient (Wildman–Crippen LogP) is 3.58. The van der Waals surface area contributed by atoms with E-state index >= 15 is 0 Å². The van der Waals surface area contributed by atoms with Crippen LogP contribution in [0.3, 0.4) is 0 Å². The Balaban J connectivity index is 1.31. The van der Waals surface area contributed by atoms with E-state index in [1.807, 2.05) is 35.2 Å². The topological polar surface area (TPSA) is 104 Å². The molecule has 1 amide bonds. The third-order valence-corrected chi connectivity index (χ3v) is 6.34. The van der Waals surface area contributed by atoms with Crippen LogP contribution in [0.1, 0.15) is 27.3 Å². The molecule has 1 aromatic heterocycles. The lowest BCUT2D eigenvalue weighted by Gasteiger charge is -2.35. The van der Waals surface area contributed by atoms with Crippen LogP contribution in [0, 0.1) is 10.1 Å². The fourth-order valence-corrected chi connectivity index (χ4v) is 4.42. The van der Waals surface area contributed by atoms with Crippen LogP contribution >= 0.6 is 11.3 Å². The van der Waals surface area contributed by atoms with Gasteiger partial charge < -0.3 is 10.2 Å². The van der Waals surface area contributed by atoms with Gasteiger partial charge in [-0.1, -0.05) is 42.5 Å². The summed E-state index contributed by atoms with van der Waals surface area (Å²) in [6, 6.07) is 14.6. The molecule has 1 aliphatic heterocycles. The molecule has 1 N–H and O–H groups in total. The molecule has 0 unspecified atom stereocenters. The highest BCUT2D eigenvalue weighted by atomic mass is 32.1. The van der Waals surface area contributed by atoms with E-state index in [0.717, 1.165) is 30.2 Å². The minimum Gasteiger partial charge on any atom is -0.363 e. The van der Waals surface area contributed by atoms with E-state index in [9.17, 15) is 14.9 Å². The Morgan fingerprint density at radius 1 is 1.09 bits per heavy atom. The van der Waals surface area contributed by atoms with E-state index in [1.165, 1.54) is 23.0 Å². The van der Waals surface area contributed by atoms with Gasteiger partial charge in [0.2, 0.25) is 5.01 Å². The normalized spacial score (nSPS) is 14.3. The van der Waals surface area contributed by atoms with Crippen LogP contribution in [-0.4, -0.2) is 52.1 Å². The molecule has 0 spiro atoms. The second kappa shape index (κ2) is 9.84. The molecule has 0 saturated carbocycles. The van der Waals surface area contributed by atoms with Crippen molar-refractivity contribution in [1.82, 2.24) is 15.1 Å². The lowest BCUT2D eigenvalue weighted by Crippen LogP contribution is -2.46. The molecule has 0 radical (unpaired) electrons. The summed E-state index contributed by atoms with van der Waals surface area (Å²) in [6.07, 6.45) is 0.949. The number of nitro groups is 1. The standard InChI is InChI=1S/C22H24N6O3S/c1-2-16-7-9-17(10-8-16)23-21(29)22-25-24-20(32-22)15-26-11-13-27(14-12-26)18-5-3-4-6-19(18)28(30)31/h3-10H,2,11-15H2,1H3,(H,23,29). The SMILES string of the molecule is CCc1ccc(NC(=O)c2nnc(CN3CCN(c4ccccc4[N+](=O)[O-])CC3)s2)cc1. The number of aromatic nitrogens is 2. The molecule has 9 nitrogen and oxygen atoms in total. The van der Waals surface area contributed by atoms with Crippen molar-refractivity contribution in [2.24, 2.45) is 0 Å². The zero-order valence-electron chi connectivity index (χ0n) is 17.7. The van der Waals surface area contributed by atoms with E-state index in [0.29, 0.717) is 30.3 Å². The molecule has 4 rings (SSSR count). The Kier molecular flexibility index (Phi) is 6.72. The highest BCUT2D eigenvalue weighted by Gasteiger charge is 2.24.